The van der Waals surface area contributed by atoms with Gasteiger partial charge in [0.1, 0.15) is 0 Å². The van der Waals surface area contributed by atoms with Gasteiger partial charge in [0.15, 0.2) is 5.82 Å². The van der Waals surface area contributed by atoms with Gasteiger partial charge in [0.05, 0.1) is 23.8 Å². The Balaban J connectivity index is 2.43. The Hall–Kier alpha value is -1.45. The van der Waals surface area contributed by atoms with E-state index in [1.807, 2.05) is 0 Å². The van der Waals surface area contributed by atoms with Crippen LogP contribution < -0.4 is 5.73 Å². The second kappa shape index (κ2) is 6.12. The summed E-state index contributed by atoms with van der Waals surface area (Å²) in [5.41, 5.74) is 4.64. The molecule has 0 aliphatic rings. The van der Waals surface area contributed by atoms with Crippen molar-refractivity contribution in [3.05, 3.63) is 34.1 Å². The minimum absolute atomic E-state index is 0.0860. The van der Waals surface area contributed by atoms with Crippen molar-refractivity contribution in [2.24, 2.45) is 5.73 Å². The first-order chi connectivity index (χ1) is 9.82. The van der Waals surface area contributed by atoms with Crippen LogP contribution in [0.25, 0.3) is 11.5 Å². The molecule has 2 aromatic rings. The van der Waals surface area contributed by atoms with Crippen LogP contribution in [0.2, 0.25) is 0 Å². The Labute approximate surface area is 126 Å². The molecule has 1 atom stereocenters. The summed E-state index contributed by atoms with van der Waals surface area (Å²) < 4.78 is 49.2. The van der Waals surface area contributed by atoms with Crippen LogP contribution in [0, 0.1) is 0 Å². The van der Waals surface area contributed by atoms with Gasteiger partial charge in [-0.15, -0.1) is 0 Å². The van der Waals surface area contributed by atoms with Crippen LogP contribution in [-0.2, 0) is 10.9 Å². The van der Waals surface area contributed by atoms with Gasteiger partial charge < -0.3 is 15.0 Å². The van der Waals surface area contributed by atoms with Crippen molar-refractivity contribution in [3.63, 3.8) is 0 Å². The van der Waals surface area contributed by atoms with Gasteiger partial charge in [0.2, 0.25) is 0 Å². The first-order valence-electron chi connectivity index (χ1n) is 5.78. The minimum atomic E-state index is -4.54. The van der Waals surface area contributed by atoms with E-state index in [-0.39, 0.29) is 23.9 Å². The SMILES string of the molecule is COCC(N)c1noc(-c2ccc(Br)cc2C(F)(F)F)n1. The molecular formula is C12H11BrF3N3O2. The number of hydrogen-bond acceptors (Lipinski definition) is 5. The second-order valence-electron chi connectivity index (χ2n) is 4.21. The molecule has 0 saturated heterocycles. The highest BCUT2D eigenvalue weighted by Gasteiger charge is 2.35. The van der Waals surface area contributed by atoms with Gasteiger partial charge in [-0.3, -0.25) is 0 Å². The quantitative estimate of drug-likeness (QED) is 0.900. The van der Waals surface area contributed by atoms with E-state index in [2.05, 4.69) is 26.1 Å². The summed E-state index contributed by atoms with van der Waals surface area (Å²) in [5, 5.41) is 3.59. The number of alkyl halides is 3. The molecule has 0 aliphatic carbocycles. The van der Waals surface area contributed by atoms with E-state index in [0.29, 0.717) is 4.47 Å². The zero-order valence-corrected chi connectivity index (χ0v) is 12.4. The monoisotopic (exact) mass is 365 g/mol. The minimum Gasteiger partial charge on any atom is -0.383 e. The summed E-state index contributed by atoms with van der Waals surface area (Å²) in [4.78, 5) is 3.90. The highest BCUT2D eigenvalue weighted by molar-refractivity contribution is 9.10. The van der Waals surface area contributed by atoms with Crippen LogP contribution in [0.3, 0.4) is 0 Å². The molecule has 0 fully saturated rings. The predicted molar refractivity (Wildman–Crippen MR) is 71.2 cm³/mol. The smallest absolute Gasteiger partial charge is 0.383 e. The summed E-state index contributed by atoms with van der Waals surface area (Å²) in [7, 11) is 1.44. The average molecular weight is 366 g/mol. The van der Waals surface area contributed by atoms with E-state index in [9.17, 15) is 13.2 Å². The molecule has 1 heterocycles. The molecule has 114 valence electrons. The van der Waals surface area contributed by atoms with Gasteiger partial charge in [-0.05, 0) is 18.2 Å². The highest BCUT2D eigenvalue weighted by atomic mass is 79.9. The third-order valence-corrected chi connectivity index (χ3v) is 3.13. The summed E-state index contributed by atoms with van der Waals surface area (Å²) in [6, 6.07) is 3.00. The summed E-state index contributed by atoms with van der Waals surface area (Å²) in [6.45, 7) is 0.130. The maximum absolute atomic E-state index is 13.0. The number of nitrogens with zero attached hydrogens (tertiary/aromatic N) is 2. The lowest BCUT2D eigenvalue weighted by atomic mass is 10.1. The zero-order valence-electron chi connectivity index (χ0n) is 10.8. The lowest BCUT2D eigenvalue weighted by molar-refractivity contribution is -0.137. The van der Waals surface area contributed by atoms with E-state index in [4.69, 9.17) is 15.0 Å². The number of ether oxygens (including phenoxy) is 1. The molecule has 1 aromatic heterocycles. The van der Waals surface area contributed by atoms with E-state index >= 15 is 0 Å². The topological polar surface area (TPSA) is 74.2 Å². The number of aromatic nitrogens is 2. The molecule has 9 heteroatoms. The third-order valence-electron chi connectivity index (χ3n) is 2.64. The van der Waals surface area contributed by atoms with Crippen LogP contribution >= 0.6 is 15.9 Å². The number of methoxy groups -OCH3 is 1. The Morgan fingerprint density at radius 1 is 1.43 bits per heavy atom. The zero-order chi connectivity index (χ0) is 15.6. The molecule has 5 nitrogen and oxygen atoms in total. The molecule has 0 aliphatic heterocycles. The molecule has 1 unspecified atom stereocenters. The summed E-state index contributed by atoms with van der Waals surface area (Å²) >= 11 is 3.01. The average Bonchev–Trinajstić information content (AvgIpc) is 2.87. The fourth-order valence-electron chi connectivity index (χ4n) is 1.69. The van der Waals surface area contributed by atoms with Crippen molar-refractivity contribution in [1.29, 1.82) is 0 Å². The van der Waals surface area contributed by atoms with Crippen molar-refractivity contribution < 1.29 is 22.4 Å². The van der Waals surface area contributed by atoms with E-state index in [0.717, 1.165) is 6.07 Å². The molecule has 21 heavy (non-hydrogen) atoms. The normalized spacial score (nSPS) is 13.4. The van der Waals surface area contributed by atoms with Gasteiger partial charge in [-0.25, -0.2) is 0 Å². The predicted octanol–water partition coefficient (Wildman–Crippen LogP) is 3.16. The molecule has 1 aromatic carbocycles. The number of rotatable bonds is 4. The van der Waals surface area contributed by atoms with Gasteiger partial charge in [-0.1, -0.05) is 21.1 Å². The fourth-order valence-corrected chi connectivity index (χ4v) is 2.05. The number of benzene rings is 1. The first-order valence-corrected chi connectivity index (χ1v) is 6.57. The largest absolute Gasteiger partial charge is 0.417 e. The van der Waals surface area contributed by atoms with Gasteiger partial charge in [0, 0.05) is 11.6 Å². The molecular weight excluding hydrogens is 355 g/mol. The van der Waals surface area contributed by atoms with Crippen LogP contribution in [0.1, 0.15) is 17.4 Å². The molecule has 0 bridgehead atoms. The molecule has 0 radical (unpaired) electrons. The molecule has 0 amide bonds. The Morgan fingerprint density at radius 3 is 2.76 bits per heavy atom. The molecule has 0 spiro atoms. The first kappa shape index (κ1) is 15.9. The Kier molecular flexibility index (Phi) is 4.64. The third kappa shape index (κ3) is 3.60. The maximum atomic E-state index is 13.0. The molecule has 2 rings (SSSR count). The van der Waals surface area contributed by atoms with Crippen molar-refractivity contribution in [2.45, 2.75) is 12.2 Å². The van der Waals surface area contributed by atoms with Gasteiger partial charge in [0.25, 0.3) is 5.89 Å². The standard InChI is InChI=1S/C12H11BrF3N3O2/c1-20-5-9(17)10-18-11(21-19-10)7-3-2-6(13)4-8(7)12(14,15)16/h2-4,9H,5,17H2,1H3. The number of halogens is 4. The molecule has 0 saturated carbocycles. The van der Waals surface area contributed by atoms with E-state index < -0.39 is 17.8 Å². The fraction of sp³-hybridized carbons (Fsp3) is 0.333. The lowest BCUT2D eigenvalue weighted by Crippen LogP contribution is -2.17. The van der Waals surface area contributed by atoms with E-state index in [1.165, 1.54) is 19.2 Å². The van der Waals surface area contributed by atoms with Crippen LogP contribution in [0.4, 0.5) is 13.2 Å². The van der Waals surface area contributed by atoms with Crippen LogP contribution in [0.5, 0.6) is 0 Å². The van der Waals surface area contributed by atoms with Crippen molar-refractivity contribution in [2.75, 3.05) is 13.7 Å². The van der Waals surface area contributed by atoms with E-state index in [1.54, 1.807) is 0 Å². The number of nitrogens with two attached hydrogens (primary N) is 1. The highest BCUT2D eigenvalue weighted by Crippen LogP contribution is 2.38. The van der Waals surface area contributed by atoms with Crippen molar-refractivity contribution >= 4 is 15.9 Å². The number of hydrogen-bond donors (Lipinski definition) is 1. The van der Waals surface area contributed by atoms with Crippen LogP contribution in [0.15, 0.2) is 27.2 Å². The van der Waals surface area contributed by atoms with Gasteiger partial charge >= 0.3 is 6.18 Å². The Morgan fingerprint density at radius 2 is 2.14 bits per heavy atom. The lowest BCUT2D eigenvalue weighted by Gasteiger charge is -2.10. The van der Waals surface area contributed by atoms with Crippen molar-refractivity contribution in [1.82, 2.24) is 10.1 Å². The van der Waals surface area contributed by atoms with Crippen molar-refractivity contribution in [3.8, 4) is 11.5 Å². The maximum Gasteiger partial charge on any atom is 0.417 e. The van der Waals surface area contributed by atoms with Gasteiger partial charge in [-0.2, -0.15) is 18.2 Å². The second-order valence-corrected chi connectivity index (χ2v) is 5.12. The Bertz CT molecular complexity index is 630. The summed E-state index contributed by atoms with van der Waals surface area (Å²) in [6.07, 6.45) is -4.54. The summed E-state index contributed by atoms with van der Waals surface area (Å²) in [5.74, 6) is -0.153. The molecule has 2 N–H and O–H groups in total. The van der Waals surface area contributed by atoms with Crippen LogP contribution in [-0.4, -0.2) is 23.9 Å².